The molecule has 1 fully saturated rings. The van der Waals surface area contributed by atoms with Crippen molar-refractivity contribution in [3.8, 4) is 0 Å². The van der Waals surface area contributed by atoms with Gasteiger partial charge in [-0.1, -0.05) is 13.8 Å². The van der Waals surface area contributed by atoms with E-state index in [1.807, 2.05) is 19.3 Å². The fourth-order valence-corrected chi connectivity index (χ4v) is 2.25. The number of hydrogen-bond donors (Lipinski definition) is 3. The molecule has 2 rings (SSSR count). The molecule has 1 aromatic rings. The molecule has 128 valence electrons. The molecule has 0 saturated carbocycles. The van der Waals surface area contributed by atoms with E-state index in [-0.39, 0.29) is 24.4 Å². The first-order valence-electron chi connectivity index (χ1n) is 7.49. The number of nitrogens with zero attached hydrogens (tertiary/aromatic N) is 2. The first-order valence-corrected chi connectivity index (χ1v) is 7.49. The Kier molecular flexibility index (Phi) is 5.69. The molecule has 3 unspecified atom stereocenters. The van der Waals surface area contributed by atoms with Crippen molar-refractivity contribution in [2.24, 2.45) is 11.7 Å². The largest absolute Gasteiger partial charge is 0.462 e. The van der Waals surface area contributed by atoms with E-state index in [2.05, 4.69) is 4.98 Å². The molecule has 1 saturated heterocycles. The predicted molar refractivity (Wildman–Crippen MR) is 80.8 cm³/mol. The number of anilines is 1. The van der Waals surface area contributed by atoms with Crippen molar-refractivity contribution in [3.63, 3.8) is 0 Å². The lowest BCUT2D eigenvalue weighted by molar-refractivity contribution is -0.151. The van der Waals surface area contributed by atoms with Crippen molar-refractivity contribution in [2.75, 3.05) is 12.1 Å². The molecule has 0 bridgehead atoms. The van der Waals surface area contributed by atoms with Gasteiger partial charge in [0.15, 0.2) is 5.82 Å². The lowest BCUT2D eigenvalue weighted by atomic mass is 10.1. The van der Waals surface area contributed by atoms with Crippen molar-refractivity contribution in [2.45, 2.75) is 45.1 Å². The Bertz CT molecular complexity index is 603. The number of hydrogen-bond acceptors (Lipinski definition) is 8. The molecule has 1 aliphatic rings. The predicted octanol–water partition coefficient (Wildman–Crippen LogP) is 0.249. The van der Waals surface area contributed by atoms with Crippen LogP contribution in [-0.4, -0.2) is 39.5 Å². The van der Waals surface area contributed by atoms with E-state index in [0.717, 1.165) is 0 Å². The van der Waals surface area contributed by atoms with E-state index in [4.69, 9.17) is 20.4 Å². The van der Waals surface area contributed by atoms with Crippen molar-refractivity contribution >= 4 is 11.8 Å². The number of carbonyl (C=O) groups excluding carboxylic acids is 1. The zero-order valence-corrected chi connectivity index (χ0v) is 13.1. The summed E-state index contributed by atoms with van der Waals surface area (Å²) in [7, 11) is 0. The van der Waals surface area contributed by atoms with Gasteiger partial charge in [0.05, 0.1) is 6.10 Å². The van der Waals surface area contributed by atoms with Crippen LogP contribution in [0, 0.1) is 5.92 Å². The summed E-state index contributed by atoms with van der Waals surface area (Å²) in [6, 6.07) is 0.803. The van der Waals surface area contributed by atoms with Crippen molar-refractivity contribution in [3.05, 3.63) is 22.7 Å². The summed E-state index contributed by atoms with van der Waals surface area (Å²) in [5, 5.41) is 8.72. The quantitative estimate of drug-likeness (QED) is 0.501. The van der Waals surface area contributed by atoms with E-state index in [9.17, 15) is 9.59 Å². The van der Waals surface area contributed by atoms with Gasteiger partial charge in [0.2, 0.25) is 0 Å². The van der Waals surface area contributed by atoms with Gasteiger partial charge in [0.1, 0.15) is 18.9 Å². The summed E-state index contributed by atoms with van der Waals surface area (Å²) >= 11 is 0. The number of carbonyl (C=O) groups is 1. The van der Waals surface area contributed by atoms with E-state index < -0.39 is 23.9 Å². The van der Waals surface area contributed by atoms with E-state index in [1.54, 1.807) is 0 Å². The highest BCUT2D eigenvalue weighted by atomic mass is 16.6. The van der Waals surface area contributed by atoms with Crippen LogP contribution in [0.3, 0.4) is 0 Å². The molecule has 0 spiro atoms. The van der Waals surface area contributed by atoms with Crippen molar-refractivity contribution in [1.82, 2.24) is 9.55 Å². The third-order valence-electron chi connectivity index (χ3n) is 3.74. The molecule has 0 amide bonds. The van der Waals surface area contributed by atoms with E-state index in [1.165, 1.54) is 16.8 Å². The minimum absolute atomic E-state index is 0.00282. The number of nitrogens with one attached hydrogen (secondary N) is 1. The Balaban J connectivity index is 1.89. The molecular weight excluding hydrogens is 304 g/mol. The van der Waals surface area contributed by atoms with Crippen molar-refractivity contribution < 1.29 is 19.5 Å². The lowest BCUT2D eigenvalue weighted by Crippen LogP contribution is -2.38. The summed E-state index contributed by atoms with van der Waals surface area (Å²) in [6.07, 6.45) is 1.99. The Morgan fingerprint density at radius 3 is 2.96 bits per heavy atom. The van der Waals surface area contributed by atoms with Gasteiger partial charge in [-0.2, -0.15) is 4.98 Å². The molecule has 1 aromatic heterocycles. The third-order valence-corrected chi connectivity index (χ3v) is 3.74. The van der Waals surface area contributed by atoms with Crippen molar-refractivity contribution in [1.29, 1.82) is 0 Å². The highest BCUT2D eigenvalue weighted by molar-refractivity contribution is 5.75. The molecule has 1 aliphatic heterocycles. The zero-order valence-electron chi connectivity index (χ0n) is 13.1. The van der Waals surface area contributed by atoms with Gasteiger partial charge >= 0.3 is 11.7 Å². The Morgan fingerprint density at radius 1 is 1.61 bits per heavy atom. The molecular formula is C14H22N4O5. The first-order chi connectivity index (χ1) is 10.9. The fourth-order valence-electron chi connectivity index (χ4n) is 2.25. The zero-order chi connectivity index (χ0) is 17.0. The van der Waals surface area contributed by atoms with Crippen LogP contribution in [0.5, 0.6) is 0 Å². The molecule has 9 nitrogen and oxygen atoms in total. The Hall–Kier alpha value is -1.97. The molecule has 0 aliphatic carbocycles. The second kappa shape index (κ2) is 7.53. The Morgan fingerprint density at radius 2 is 2.35 bits per heavy atom. The maximum Gasteiger partial charge on any atom is 0.351 e. The summed E-state index contributed by atoms with van der Waals surface area (Å²) in [6.45, 7) is 3.80. The monoisotopic (exact) mass is 326 g/mol. The van der Waals surface area contributed by atoms with Crippen LogP contribution in [0.15, 0.2) is 17.1 Å². The van der Waals surface area contributed by atoms with Crippen LogP contribution in [-0.2, 0) is 14.3 Å². The van der Waals surface area contributed by atoms with Gasteiger partial charge in [-0.15, -0.1) is 0 Å². The second-order valence-electron chi connectivity index (χ2n) is 5.80. The summed E-state index contributed by atoms with van der Waals surface area (Å²) in [5.41, 5.74) is 6.99. The minimum Gasteiger partial charge on any atom is -0.462 e. The average Bonchev–Trinajstić information content (AvgIpc) is 3.00. The SMILES string of the molecule is CC(C)C(N)C(=O)OCC1CCC(n2ccc(NO)nc2=O)O1. The molecule has 2 heterocycles. The fraction of sp³-hybridized carbons (Fsp3) is 0.643. The highest BCUT2D eigenvalue weighted by Gasteiger charge is 2.29. The van der Waals surface area contributed by atoms with Gasteiger partial charge < -0.3 is 15.2 Å². The Labute approximate surface area is 133 Å². The van der Waals surface area contributed by atoms with Gasteiger partial charge in [0.25, 0.3) is 0 Å². The van der Waals surface area contributed by atoms with Gasteiger partial charge in [-0.3, -0.25) is 20.0 Å². The average molecular weight is 326 g/mol. The van der Waals surface area contributed by atoms with Gasteiger partial charge in [0, 0.05) is 6.20 Å². The van der Waals surface area contributed by atoms with Crippen LogP contribution in [0.4, 0.5) is 5.82 Å². The number of aromatic nitrogens is 2. The molecule has 0 aromatic carbocycles. The molecule has 9 heteroatoms. The summed E-state index contributed by atoms with van der Waals surface area (Å²) in [4.78, 5) is 27.2. The number of nitrogens with two attached hydrogens (primary N) is 1. The number of rotatable bonds is 6. The first kappa shape index (κ1) is 17.4. The summed E-state index contributed by atoms with van der Waals surface area (Å²) in [5.74, 6) is -0.385. The standard InChI is InChI=1S/C14H22N4O5/c1-8(2)12(15)13(19)22-7-9-3-4-11(23-9)18-6-5-10(17-21)16-14(18)20/h5-6,8-9,11-12,21H,3-4,7,15H2,1-2H3,(H,16,17,20). The molecule has 0 radical (unpaired) electrons. The van der Waals surface area contributed by atoms with Gasteiger partial charge in [-0.05, 0) is 24.8 Å². The number of ether oxygens (including phenoxy) is 2. The second-order valence-corrected chi connectivity index (χ2v) is 5.80. The highest BCUT2D eigenvalue weighted by Crippen LogP contribution is 2.27. The topological polar surface area (TPSA) is 129 Å². The molecule has 3 atom stereocenters. The number of esters is 1. The van der Waals surface area contributed by atoms with Gasteiger partial charge in [-0.25, -0.2) is 4.79 Å². The third kappa shape index (κ3) is 4.27. The molecule has 4 N–H and O–H groups in total. The van der Waals surface area contributed by atoms with Crippen LogP contribution in [0.2, 0.25) is 0 Å². The normalized spacial score (nSPS) is 22.1. The van der Waals surface area contributed by atoms with Crippen LogP contribution >= 0.6 is 0 Å². The maximum absolute atomic E-state index is 11.8. The minimum atomic E-state index is -0.655. The van der Waals surface area contributed by atoms with E-state index >= 15 is 0 Å². The van der Waals surface area contributed by atoms with Crippen LogP contribution in [0.1, 0.15) is 32.9 Å². The lowest BCUT2D eigenvalue weighted by Gasteiger charge is -2.18. The smallest absolute Gasteiger partial charge is 0.351 e. The molecule has 23 heavy (non-hydrogen) atoms. The van der Waals surface area contributed by atoms with Crippen LogP contribution < -0.4 is 16.9 Å². The van der Waals surface area contributed by atoms with Crippen LogP contribution in [0.25, 0.3) is 0 Å². The maximum atomic E-state index is 11.8. The summed E-state index contributed by atoms with van der Waals surface area (Å²) < 4.78 is 12.2. The van der Waals surface area contributed by atoms with E-state index in [0.29, 0.717) is 12.8 Å².